The molecule has 0 fully saturated rings. The first kappa shape index (κ1) is 15.9. The third-order valence-electron chi connectivity index (χ3n) is 1.88. The molecule has 0 atom stereocenters. The van der Waals surface area contributed by atoms with Gasteiger partial charge in [-0.2, -0.15) is 0 Å². The van der Waals surface area contributed by atoms with E-state index in [0.717, 1.165) is 0 Å². The van der Waals surface area contributed by atoms with Crippen LogP contribution in [0.4, 0.5) is 0 Å². The van der Waals surface area contributed by atoms with Gasteiger partial charge in [0.2, 0.25) is 0 Å². The van der Waals surface area contributed by atoms with E-state index in [1.165, 1.54) is 31.4 Å². The van der Waals surface area contributed by atoms with Gasteiger partial charge in [0, 0.05) is 12.8 Å². The van der Waals surface area contributed by atoms with Crippen molar-refractivity contribution in [3.05, 3.63) is 24.3 Å². The second-order valence-corrected chi connectivity index (χ2v) is 3.31. The van der Waals surface area contributed by atoms with Crippen LogP contribution in [0.5, 0.6) is 0 Å². The van der Waals surface area contributed by atoms with Crippen LogP contribution in [-0.4, -0.2) is 25.1 Å². The van der Waals surface area contributed by atoms with E-state index in [9.17, 15) is 14.4 Å². The van der Waals surface area contributed by atoms with Gasteiger partial charge in [-0.15, -0.1) is 5.92 Å². The minimum atomic E-state index is -0.252. The van der Waals surface area contributed by atoms with E-state index in [0.29, 0.717) is 25.5 Å². The summed E-state index contributed by atoms with van der Waals surface area (Å²) in [7, 11) is 1.35. The number of aldehydes is 1. The molecule has 0 aliphatic rings. The number of hydrogen-bond donors (Lipinski definition) is 0. The van der Waals surface area contributed by atoms with Crippen LogP contribution in [0.3, 0.4) is 0 Å². The van der Waals surface area contributed by atoms with Gasteiger partial charge in [0.15, 0.2) is 5.78 Å². The summed E-state index contributed by atoms with van der Waals surface area (Å²) in [4.78, 5) is 31.9. The van der Waals surface area contributed by atoms with Gasteiger partial charge in [0.1, 0.15) is 6.29 Å². The third-order valence-corrected chi connectivity index (χ3v) is 1.88. The van der Waals surface area contributed by atoms with Crippen molar-refractivity contribution in [3.8, 4) is 11.8 Å². The van der Waals surface area contributed by atoms with E-state index >= 15 is 0 Å². The summed E-state index contributed by atoms with van der Waals surface area (Å²) in [5.74, 6) is 5.16. The topological polar surface area (TPSA) is 60.4 Å². The highest BCUT2D eigenvalue weighted by atomic mass is 16.5. The van der Waals surface area contributed by atoms with Gasteiger partial charge in [-0.3, -0.25) is 14.4 Å². The Morgan fingerprint density at radius 1 is 1.17 bits per heavy atom. The van der Waals surface area contributed by atoms with Crippen LogP contribution < -0.4 is 0 Å². The molecule has 0 rings (SSSR count). The van der Waals surface area contributed by atoms with Crippen molar-refractivity contribution in [2.24, 2.45) is 0 Å². The summed E-state index contributed by atoms with van der Waals surface area (Å²) in [6, 6.07) is 0. The molecule has 0 spiro atoms. The van der Waals surface area contributed by atoms with Crippen LogP contribution in [-0.2, 0) is 19.1 Å². The summed E-state index contributed by atoms with van der Waals surface area (Å²) in [6.07, 6.45) is 7.95. The number of allylic oxidation sites excluding steroid dienone is 4. The number of ketones is 1. The maximum absolute atomic E-state index is 11.2. The van der Waals surface area contributed by atoms with Crippen molar-refractivity contribution in [1.29, 1.82) is 0 Å². The van der Waals surface area contributed by atoms with Gasteiger partial charge >= 0.3 is 5.97 Å². The number of esters is 1. The number of unbranched alkanes of at least 4 members (excludes halogenated alkanes) is 1. The summed E-state index contributed by atoms with van der Waals surface area (Å²) < 4.78 is 4.48. The quantitative estimate of drug-likeness (QED) is 0.171. The second kappa shape index (κ2) is 11.3. The minimum absolute atomic E-state index is 0.119. The molecule has 0 aromatic carbocycles. The Labute approximate surface area is 107 Å². The smallest absolute Gasteiger partial charge is 0.305 e. The monoisotopic (exact) mass is 248 g/mol. The number of carbonyl (C=O) groups excluding carboxylic acids is 3. The van der Waals surface area contributed by atoms with Gasteiger partial charge in [-0.05, 0) is 18.6 Å². The van der Waals surface area contributed by atoms with Crippen LogP contribution >= 0.6 is 0 Å². The molecule has 0 aromatic rings. The average molecular weight is 248 g/mol. The van der Waals surface area contributed by atoms with Crippen LogP contribution in [0.25, 0.3) is 0 Å². The van der Waals surface area contributed by atoms with Gasteiger partial charge in [0.05, 0.1) is 13.5 Å². The molecule has 0 amide bonds. The number of carbonyl (C=O) groups is 3. The number of hydrogen-bond acceptors (Lipinski definition) is 4. The maximum atomic E-state index is 11.2. The third kappa shape index (κ3) is 10.4. The van der Waals surface area contributed by atoms with Gasteiger partial charge in [-0.25, -0.2) is 0 Å². The number of rotatable bonds is 7. The fourth-order valence-corrected chi connectivity index (χ4v) is 0.992. The van der Waals surface area contributed by atoms with Crippen molar-refractivity contribution >= 4 is 18.0 Å². The van der Waals surface area contributed by atoms with Crippen LogP contribution in [0.2, 0.25) is 0 Å². The van der Waals surface area contributed by atoms with Gasteiger partial charge in [-0.1, -0.05) is 18.1 Å². The zero-order valence-electron chi connectivity index (χ0n) is 10.3. The average Bonchev–Trinajstić information content (AvgIpc) is 2.38. The van der Waals surface area contributed by atoms with Crippen molar-refractivity contribution in [2.45, 2.75) is 25.7 Å². The molecule has 0 radical (unpaired) electrons. The Hall–Kier alpha value is -2.15. The van der Waals surface area contributed by atoms with Gasteiger partial charge < -0.3 is 4.74 Å². The van der Waals surface area contributed by atoms with E-state index in [2.05, 4.69) is 16.6 Å². The summed E-state index contributed by atoms with van der Waals surface area (Å²) >= 11 is 0. The summed E-state index contributed by atoms with van der Waals surface area (Å²) in [5, 5.41) is 0. The molecule has 0 N–H and O–H groups in total. The fourth-order valence-electron chi connectivity index (χ4n) is 0.992. The Balaban J connectivity index is 3.73. The highest BCUT2D eigenvalue weighted by Gasteiger charge is 1.97. The van der Waals surface area contributed by atoms with Crippen molar-refractivity contribution in [3.63, 3.8) is 0 Å². The SMILES string of the molecule is COC(=O)CCCC#CCC(=O)/C=C\C=C/C=O. The van der Waals surface area contributed by atoms with Crippen LogP contribution in [0, 0.1) is 11.8 Å². The molecule has 0 aromatic heterocycles. The molecule has 0 saturated heterocycles. The Morgan fingerprint density at radius 2 is 1.94 bits per heavy atom. The van der Waals surface area contributed by atoms with Crippen molar-refractivity contribution < 1.29 is 19.1 Å². The first-order valence-electron chi connectivity index (χ1n) is 5.54. The largest absolute Gasteiger partial charge is 0.469 e. The molecule has 18 heavy (non-hydrogen) atoms. The second-order valence-electron chi connectivity index (χ2n) is 3.31. The molecule has 0 aliphatic carbocycles. The molecule has 0 unspecified atom stereocenters. The predicted molar refractivity (Wildman–Crippen MR) is 67.6 cm³/mol. The zero-order chi connectivity index (χ0) is 13.6. The normalized spacial score (nSPS) is 10.1. The standard InChI is InChI=1S/C14H16O4/c1-18-14(17)11-7-3-2-5-9-13(16)10-6-4-8-12-15/h4,6,8,10,12H,3,7,9,11H2,1H3/b8-4-,10-6-. The van der Waals surface area contributed by atoms with Crippen molar-refractivity contribution in [2.75, 3.05) is 7.11 Å². The first-order valence-corrected chi connectivity index (χ1v) is 5.54. The lowest BCUT2D eigenvalue weighted by molar-refractivity contribution is -0.140. The molecule has 0 aliphatic heterocycles. The molecule has 96 valence electrons. The molecule has 4 nitrogen and oxygen atoms in total. The van der Waals surface area contributed by atoms with E-state index in [1.807, 2.05) is 0 Å². The van der Waals surface area contributed by atoms with Crippen LogP contribution in [0.15, 0.2) is 24.3 Å². The number of ether oxygens (including phenoxy) is 1. The van der Waals surface area contributed by atoms with E-state index in [4.69, 9.17) is 0 Å². The fraction of sp³-hybridized carbons (Fsp3) is 0.357. The minimum Gasteiger partial charge on any atom is -0.469 e. The molecule has 0 bridgehead atoms. The lowest BCUT2D eigenvalue weighted by Gasteiger charge is -1.94. The molecule has 4 heteroatoms. The highest BCUT2D eigenvalue weighted by molar-refractivity contribution is 5.91. The zero-order valence-corrected chi connectivity index (χ0v) is 10.3. The Bertz CT molecular complexity index is 394. The molecule has 0 heterocycles. The lowest BCUT2D eigenvalue weighted by atomic mass is 10.2. The number of methoxy groups -OCH3 is 1. The predicted octanol–water partition coefficient (Wildman–Crippen LogP) is 1.60. The lowest BCUT2D eigenvalue weighted by Crippen LogP contribution is -1.98. The summed E-state index contributed by atoms with van der Waals surface area (Å²) in [6.45, 7) is 0. The van der Waals surface area contributed by atoms with Crippen LogP contribution in [0.1, 0.15) is 25.7 Å². The molecular formula is C14H16O4. The summed E-state index contributed by atoms with van der Waals surface area (Å²) in [5.41, 5.74) is 0. The van der Waals surface area contributed by atoms with Gasteiger partial charge in [0.25, 0.3) is 0 Å². The highest BCUT2D eigenvalue weighted by Crippen LogP contribution is 1.95. The molecular weight excluding hydrogens is 232 g/mol. The first-order chi connectivity index (χ1) is 8.70. The molecule has 0 saturated carbocycles. The van der Waals surface area contributed by atoms with E-state index in [1.54, 1.807) is 0 Å². The van der Waals surface area contributed by atoms with E-state index in [-0.39, 0.29) is 18.2 Å². The Kier molecular flexibility index (Phi) is 9.98. The maximum Gasteiger partial charge on any atom is 0.305 e. The van der Waals surface area contributed by atoms with Crippen molar-refractivity contribution in [1.82, 2.24) is 0 Å². The van der Waals surface area contributed by atoms with E-state index < -0.39 is 0 Å². The Morgan fingerprint density at radius 3 is 2.61 bits per heavy atom.